The molecule has 0 saturated carbocycles. The van der Waals surface area contributed by atoms with E-state index in [-0.39, 0.29) is 4.90 Å². The third-order valence-corrected chi connectivity index (χ3v) is 2.85. The van der Waals surface area contributed by atoms with Crippen LogP contribution in [0.2, 0.25) is 0 Å². The van der Waals surface area contributed by atoms with Gasteiger partial charge in [-0.05, 0) is 26.0 Å². The third kappa shape index (κ3) is 3.32. The number of amides is 1. The number of carboxylic acid groups (broad SMARTS) is 1. The van der Waals surface area contributed by atoms with E-state index in [1.54, 1.807) is 0 Å². The van der Waals surface area contributed by atoms with Crippen LogP contribution >= 0.6 is 0 Å². The zero-order valence-corrected chi connectivity index (χ0v) is 11.4. The topological polar surface area (TPSA) is 101 Å². The van der Waals surface area contributed by atoms with E-state index in [1.165, 1.54) is 0 Å². The van der Waals surface area contributed by atoms with Crippen molar-refractivity contribution in [2.45, 2.75) is 25.6 Å². The number of anilines is 1. The SMILES string of the molecule is CC(C)(C(=O)O)N(C(=O)C(F)(F)F)c1ccc([N+](=O)[O-])cc1. The van der Waals surface area contributed by atoms with Crippen LogP contribution in [0.25, 0.3) is 0 Å². The van der Waals surface area contributed by atoms with Gasteiger partial charge in [0.05, 0.1) is 4.92 Å². The van der Waals surface area contributed by atoms with E-state index < -0.39 is 39.9 Å². The molecule has 7 nitrogen and oxygen atoms in total. The maximum Gasteiger partial charge on any atom is 0.471 e. The number of rotatable bonds is 4. The van der Waals surface area contributed by atoms with Crippen LogP contribution < -0.4 is 4.90 Å². The number of nitrogens with zero attached hydrogens (tertiary/aromatic N) is 2. The number of alkyl halides is 3. The molecule has 1 amide bonds. The van der Waals surface area contributed by atoms with Gasteiger partial charge >= 0.3 is 18.1 Å². The zero-order chi connectivity index (χ0) is 17.3. The molecule has 120 valence electrons. The number of carbonyl (C=O) groups excluding carboxylic acids is 1. The second-order valence-corrected chi connectivity index (χ2v) is 4.78. The summed E-state index contributed by atoms with van der Waals surface area (Å²) in [5, 5.41) is 19.6. The fourth-order valence-corrected chi connectivity index (χ4v) is 1.64. The highest BCUT2D eigenvalue weighted by Crippen LogP contribution is 2.31. The van der Waals surface area contributed by atoms with Crippen LogP contribution in [0.4, 0.5) is 24.5 Å². The number of aliphatic carboxylic acids is 1. The second-order valence-electron chi connectivity index (χ2n) is 4.78. The van der Waals surface area contributed by atoms with Gasteiger partial charge in [-0.25, -0.2) is 4.79 Å². The Hall–Kier alpha value is -2.65. The van der Waals surface area contributed by atoms with Crippen molar-refractivity contribution < 1.29 is 32.8 Å². The van der Waals surface area contributed by atoms with Crippen molar-refractivity contribution in [3.63, 3.8) is 0 Å². The normalized spacial score (nSPS) is 11.9. The van der Waals surface area contributed by atoms with Crippen molar-refractivity contribution in [3.05, 3.63) is 34.4 Å². The maximum absolute atomic E-state index is 12.7. The minimum atomic E-state index is -5.30. The Morgan fingerprint density at radius 3 is 1.95 bits per heavy atom. The first kappa shape index (κ1) is 17.4. The fourth-order valence-electron chi connectivity index (χ4n) is 1.64. The van der Waals surface area contributed by atoms with Gasteiger partial charge in [0.15, 0.2) is 0 Å². The number of hydrogen-bond acceptors (Lipinski definition) is 4. The number of hydrogen-bond donors (Lipinski definition) is 1. The van der Waals surface area contributed by atoms with Gasteiger partial charge in [0.1, 0.15) is 5.54 Å². The summed E-state index contributed by atoms with van der Waals surface area (Å²) in [5.41, 5.74) is -3.03. The Kier molecular flexibility index (Phi) is 4.45. The van der Waals surface area contributed by atoms with Gasteiger partial charge in [0.2, 0.25) is 0 Å². The first-order chi connectivity index (χ1) is 9.89. The Morgan fingerprint density at radius 1 is 1.18 bits per heavy atom. The molecule has 0 bridgehead atoms. The molecule has 1 aromatic rings. The minimum absolute atomic E-state index is 0.0407. The molecule has 1 aromatic carbocycles. The van der Waals surface area contributed by atoms with Crippen LogP contribution in [-0.2, 0) is 9.59 Å². The molecule has 10 heteroatoms. The maximum atomic E-state index is 12.7. The first-order valence-corrected chi connectivity index (χ1v) is 5.78. The zero-order valence-electron chi connectivity index (χ0n) is 11.4. The van der Waals surface area contributed by atoms with Crippen molar-refractivity contribution in [1.29, 1.82) is 0 Å². The molecule has 0 fully saturated rings. The van der Waals surface area contributed by atoms with E-state index in [1.807, 2.05) is 0 Å². The molecule has 0 heterocycles. The standard InChI is InChI=1S/C12H11F3N2O5/c1-11(2,10(19)20)16(9(18)12(13,14)15)7-3-5-8(6-4-7)17(21)22/h3-6H,1-2H3,(H,19,20). The van der Waals surface area contributed by atoms with Gasteiger partial charge in [0.25, 0.3) is 5.69 Å². The molecule has 0 saturated heterocycles. The molecular formula is C12H11F3N2O5. The first-order valence-electron chi connectivity index (χ1n) is 5.78. The van der Waals surface area contributed by atoms with E-state index in [2.05, 4.69) is 0 Å². The summed E-state index contributed by atoms with van der Waals surface area (Å²) in [4.78, 5) is 32.5. The molecule has 0 radical (unpaired) electrons. The Morgan fingerprint density at radius 2 is 1.64 bits per heavy atom. The number of carboxylic acids is 1. The van der Waals surface area contributed by atoms with Gasteiger partial charge in [-0.15, -0.1) is 0 Å². The smallest absolute Gasteiger partial charge is 0.471 e. The lowest BCUT2D eigenvalue weighted by molar-refractivity contribution is -0.384. The molecular weight excluding hydrogens is 309 g/mol. The van der Waals surface area contributed by atoms with Gasteiger partial charge in [0, 0.05) is 17.8 Å². The van der Waals surface area contributed by atoms with Gasteiger partial charge in [-0.1, -0.05) is 0 Å². The minimum Gasteiger partial charge on any atom is -0.480 e. The molecule has 0 aliphatic rings. The molecule has 1 N–H and O–H groups in total. The molecule has 0 atom stereocenters. The predicted octanol–water partition coefficient (Wildman–Crippen LogP) is 2.35. The van der Waals surface area contributed by atoms with Gasteiger partial charge in [-0.3, -0.25) is 19.8 Å². The monoisotopic (exact) mass is 320 g/mol. The molecule has 22 heavy (non-hydrogen) atoms. The highest BCUT2D eigenvalue weighted by Gasteiger charge is 2.50. The second kappa shape index (κ2) is 5.62. The van der Waals surface area contributed by atoms with Crippen LogP contribution in [0.3, 0.4) is 0 Å². The summed E-state index contributed by atoms with van der Waals surface area (Å²) in [6.07, 6.45) is -5.30. The molecule has 1 rings (SSSR count). The average molecular weight is 320 g/mol. The van der Waals surface area contributed by atoms with Crippen LogP contribution in [0.15, 0.2) is 24.3 Å². The highest BCUT2D eigenvalue weighted by molar-refractivity contribution is 6.03. The number of benzene rings is 1. The van der Waals surface area contributed by atoms with Crippen molar-refractivity contribution in [3.8, 4) is 0 Å². The van der Waals surface area contributed by atoms with Gasteiger partial charge < -0.3 is 5.11 Å². The summed E-state index contributed by atoms with van der Waals surface area (Å²) >= 11 is 0. The van der Waals surface area contributed by atoms with E-state index in [0.29, 0.717) is 0 Å². The molecule has 0 spiro atoms. The molecule has 0 aliphatic carbocycles. The lowest BCUT2D eigenvalue weighted by Gasteiger charge is -2.35. The van der Waals surface area contributed by atoms with Crippen molar-refractivity contribution >= 4 is 23.3 Å². The highest BCUT2D eigenvalue weighted by atomic mass is 19.4. The van der Waals surface area contributed by atoms with E-state index in [0.717, 1.165) is 38.1 Å². The summed E-state index contributed by atoms with van der Waals surface area (Å²) in [6, 6.07) is 3.52. The number of carbonyl (C=O) groups is 2. The predicted molar refractivity (Wildman–Crippen MR) is 68.4 cm³/mol. The van der Waals surface area contributed by atoms with E-state index >= 15 is 0 Å². The number of non-ortho nitro benzene ring substituents is 1. The quantitative estimate of drug-likeness (QED) is 0.678. The number of nitro groups is 1. The largest absolute Gasteiger partial charge is 0.480 e. The average Bonchev–Trinajstić information content (AvgIpc) is 2.37. The lowest BCUT2D eigenvalue weighted by atomic mass is 10.0. The molecule has 0 aliphatic heterocycles. The summed E-state index contributed by atoms with van der Waals surface area (Å²) in [5.74, 6) is -4.04. The van der Waals surface area contributed by atoms with Crippen molar-refractivity contribution in [1.82, 2.24) is 0 Å². The molecule has 0 unspecified atom stereocenters. The summed E-state index contributed by atoms with van der Waals surface area (Å²) in [6.45, 7) is 1.83. The Balaban J connectivity index is 3.41. The van der Waals surface area contributed by atoms with Crippen LogP contribution in [0.1, 0.15) is 13.8 Å². The lowest BCUT2D eigenvalue weighted by Crippen LogP contribution is -2.57. The van der Waals surface area contributed by atoms with Gasteiger partial charge in [-0.2, -0.15) is 13.2 Å². The van der Waals surface area contributed by atoms with Crippen LogP contribution in [0, 0.1) is 10.1 Å². The van der Waals surface area contributed by atoms with Crippen LogP contribution in [0.5, 0.6) is 0 Å². The van der Waals surface area contributed by atoms with Crippen molar-refractivity contribution in [2.75, 3.05) is 4.90 Å². The van der Waals surface area contributed by atoms with E-state index in [4.69, 9.17) is 5.11 Å². The van der Waals surface area contributed by atoms with Crippen molar-refractivity contribution in [2.24, 2.45) is 0 Å². The summed E-state index contributed by atoms with van der Waals surface area (Å²) in [7, 11) is 0. The Bertz CT molecular complexity index is 610. The summed E-state index contributed by atoms with van der Waals surface area (Å²) < 4.78 is 38.1. The fraction of sp³-hybridized carbons (Fsp3) is 0.333. The van der Waals surface area contributed by atoms with Crippen LogP contribution in [-0.4, -0.2) is 33.6 Å². The molecule has 0 aromatic heterocycles. The van der Waals surface area contributed by atoms with E-state index in [9.17, 15) is 32.9 Å². The number of nitro benzene ring substituents is 1. The number of halogens is 3. The Labute approximate surface area is 122 Å². The third-order valence-electron chi connectivity index (χ3n) is 2.85.